The molecule has 0 radical (unpaired) electrons. The van der Waals surface area contributed by atoms with Gasteiger partial charge in [-0.1, -0.05) is 17.9 Å². The number of halogens is 1. The highest BCUT2D eigenvalue weighted by Gasteiger charge is 2.05. The first-order valence-corrected chi connectivity index (χ1v) is 5.87. The van der Waals surface area contributed by atoms with E-state index >= 15 is 0 Å². The van der Waals surface area contributed by atoms with E-state index < -0.39 is 17.1 Å². The van der Waals surface area contributed by atoms with Gasteiger partial charge in [0.1, 0.15) is 5.82 Å². The lowest BCUT2D eigenvalue weighted by Crippen LogP contribution is -2.29. The van der Waals surface area contributed by atoms with Crippen molar-refractivity contribution in [3.05, 3.63) is 68.2 Å². The number of hydrogen-bond donors (Lipinski definition) is 2. The zero-order valence-electron chi connectivity index (χ0n) is 10.5. The molecule has 2 aromatic rings. The van der Waals surface area contributed by atoms with Gasteiger partial charge in [-0.05, 0) is 12.1 Å². The summed E-state index contributed by atoms with van der Waals surface area (Å²) in [6, 6.07) is 5.69. The molecule has 5 nitrogen and oxygen atoms in total. The Kier molecular flexibility index (Phi) is 4.13. The predicted molar refractivity (Wildman–Crippen MR) is 72.8 cm³/mol. The Morgan fingerprint density at radius 1 is 1.30 bits per heavy atom. The van der Waals surface area contributed by atoms with E-state index in [-0.39, 0.29) is 13.1 Å². The Morgan fingerprint density at radius 2 is 2.10 bits per heavy atom. The Balaban J connectivity index is 2.30. The van der Waals surface area contributed by atoms with Crippen LogP contribution in [0.3, 0.4) is 0 Å². The molecule has 0 bridgehead atoms. The summed E-state index contributed by atoms with van der Waals surface area (Å²) in [4.78, 5) is 24.6. The van der Waals surface area contributed by atoms with Gasteiger partial charge < -0.3 is 5.73 Å². The summed E-state index contributed by atoms with van der Waals surface area (Å²) in [5.74, 6) is 4.89. The normalized spacial score (nSPS) is 9.90. The van der Waals surface area contributed by atoms with Gasteiger partial charge in [-0.25, -0.2) is 9.18 Å². The second kappa shape index (κ2) is 5.99. The summed E-state index contributed by atoms with van der Waals surface area (Å²) in [5.41, 5.74) is 5.02. The molecular formula is C14H12FN3O2. The highest BCUT2D eigenvalue weighted by atomic mass is 19.1. The molecule has 1 aromatic carbocycles. The van der Waals surface area contributed by atoms with Gasteiger partial charge in [0.25, 0.3) is 5.56 Å². The minimum Gasteiger partial charge on any atom is -0.320 e. The fourth-order valence-electron chi connectivity index (χ4n) is 1.66. The van der Waals surface area contributed by atoms with Crippen LogP contribution >= 0.6 is 0 Å². The number of nitrogens with zero attached hydrogens (tertiary/aromatic N) is 1. The molecule has 0 amide bonds. The highest BCUT2D eigenvalue weighted by molar-refractivity contribution is 5.37. The predicted octanol–water partition coefficient (Wildman–Crippen LogP) is 0.0342. The van der Waals surface area contributed by atoms with Crippen molar-refractivity contribution in [2.75, 3.05) is 6.54 Å². The van der Waals surface area contributed by atoms with Crippen molar-refractivity contribution in [3.63, 3.8) is 0 Å². The number of nitrogens with one attached hydrogen (secondary N) is 1. The van der Waals surface area contributed by atoms with Crippen LogP contribution in [0.15, 0.2) is 40.1 Å². The third-order valence-electron chi connectivity index (χ3n) is 2.63. The van der Waals surface area contributed by atoms with Crippen molar-refractivity contribution in [2.24, 2.45) is 5.73 Å². The number of aromatic amines is 1. The van der Waals surface area contributed by atoms with Crippen LogP contribution in [-0.4, -0.2) is 16.1 Å². The van der Waals surface area contributed by atoms with Gasteiger partial charge in [0.2, 0.25) is 0 Å². The smallest absolute Gasteiger partial charge is 0.320 e. The minimum atomic E-state index is -0.580. The molecule has 0 saturated carbocycles. The Morgan fingerprint density at radius 3 is 2.75 bits per heavy atom. The van der Waals surface area contributed by atoms with Gasteiger partial charge >= 0.3 is 5.69 Å². The molecule has 0 fully saturated rings. The zero-order valence-corrected chi connectivity index (χ0v) is 10.5. The molecule has 1 aromatic heterocycles. The topological polar surface area (TPSA) is 80.9 Å². The molecule has 3 N–H and O–H groups in total. The average Bonchev–Trinajstić information content (AvgIpc) is 2.42. The number of H-pyrrole nitrogens is 1. The van der Waals surface area contributed by atoms with E-state index in [4.69, 9.17) is 5.73 Å². The Hall–Kier alpha value is -2.65. The van der Waals surface area contributed by atoms with E-state index in [1.807, 2.05) is 0 Å². The molecule has 6 heteroatoms. The largest absolute Gasteiger partial charge is 0.328 e. The number of nitrogens with two attached hydrogens (primary N) is 1. The first-order valence-electron chi connectivity index (χ1n) is 5.87. The van der Waals surface area contributed by atoms with Crippen LogP contribution < -0.4 is 17.0 Å². The van der Waals surface area contributed by atoms with Crippen LogP contribution in [0.25, 0.3) is 0 Å². The quantitative estimate of drug-likeness (QED) is 0.758. The summed E-state index contributed by atoms with van der Waals surface area (Å²) in [7, 11) is 0. The summed E-state index contributed by atoms with van der Waals surface area (Å²) in [6.45, 7) is 0.238. The van der Waals surface area contributed by atoms with Crippen molar-refractivity contribution in [1.82, 2.24) is 9.55 Å². The van der Waals surface area contributed by atoms with Gasteiger partial charge in [-0.3, -0.25) is 14.3 Å². The van der Waals surface area contributed by atoms with E-state index in [0.717, 1.165) is 0 Å². The first kappa shape index (κ1) is 13.8. The van der Waals surface area contributed by atoms with Crippen LogP contribution in [0, 0.1) is 17.7 Å². The van der Waals surface area contributed by atoms with Crippen molar-refractivity contribution in [1.29, 1.82) is 0 Å². The summed E-state index contributed by atoms with van der Waals surface area (Å²) >= 11 is 0. The highest BCUT2D eigenvalue weighted by Crippen LogP contribution is 2.10. The lowest BCUT2D eigenvalue weighted by molar-refractivity contribution is 0.592. The fourth-order valence-corrected chi connectivity index (χ4v) is 1.66. The van der Waals surface area contributed by atoms with Gasteiger partial charge in [-0.15, -0.1) is 0 Å². The summed E-state index contributed by atoms with van der Waals surface area (Å²) in [5, 5.41) is 0. The Labute approximate surface area is 113 Å². The van der Waals surface area contributed by atoms with Crippen molar-refractivity contribution < 1.29 is 4.39 Å². The van der Waals surface area contributed by atoms with E-state index in [0.29, 0.717) is 11.1 Å². The van der Waals surface area contributed by atoms with E-state index in [1.54, 1.807) is 12.1 Å². The second-order valence-corrected chi connectivity index (χ2v) is 4.05. The van der Waals surface area contributed by atoms with Gasteiger partial charge in [0.05, 0.1) is 13.1 Å². The van der Waals surface area contributed by atoms with Crippen LogP contribution in [0.2, 0.25) is 0 Å². The Bertz CT molecular complexity index is 796. The SMILES string of the molecule is NCC#Cc1ccc(Cn2ccc(=O)[nH]c2=O)c(F)c1. The third-order valence-corrected chi connectivity index (χ3v) is 2.63. The third kappa shape index (κ3) is 3.22. The molecule has 1 heterocycles. The molecule has 2 rings (SSSR count). The molecule has 0 atom stereocenters. The molecule has 20 heavy (non-hydrogen) atoms. The lowest BCUT2D eigenvalue weighted by atomic mass is 10.1. The first-order chi connectivity index (χ1) is 9.60. The summed E-state index contributed by atoms with van der Waals surface area (Å²) < 4.78 is 15.1. The van der Waals surface area contributed by atoms with Crippen LogP contribution in [0.4, 0.5) is 4.39 Å². The molecule has 0 aliphatic carbocycles. The van der Waals surface area contributed by atoms with Gasteiger partial charge in [0.15, 0.2) is 0 Å². The van der Waals surface area contributed by atoms with E-state index in [2.05, 4.69) is 16.8 Å². The van der Waals surface area contributed by atoms with Gasteiger partial charge in [0, 0.05) is 23.4 Å². The van der Waals surface area contributed by atoms with E-state index in [1.165, 1.54) is 22.9 Å². The number of rotatable bonds is 2. The molecular weight excluding hydrogens is 261 g/mol. The molecule has 0 saturated heterocycles. The van der Waals surface area contributed by atoms with Crippen molar-refractivity contribution >= 4 is 0 Å². The fraction of sp³-hybridized carbons (Fsp3) is 0.143. The zero-order chi connectivity index (χ0) is 14.5. The standard InChI is InChI=1S/C14H12FN3O2/c15-12-8-10(2-1-6-16)3-4-11(12)9-18-7-5-13(19)17-14(18)20/h3-5,7-8H,6,9,16H2,(H,17,19,20). The maximum Gasteiger partial charge on any atom is 0.328 e. The lowest BCUT2D eigenvalue weighted by Gasteiger charge is -2.06. The minimum absolute atomic E-state index is 0.0338. The van der Waals surface area contributed by atoms with Gasteiger partial charge in [-0.2, -0.15) is 0 Å². The van der Waals surface area contributed by atoms with Crippen molar-refractivity contribution in [3.8, 4) is 11.8 Å². The number of hydrogen-bond acceptors (Lipinski definition) is 3. The maximum absolute atomic E-state index is 13.9. The number of aromatic nitrogens is 2. The van der Waals surface area contributed by atoms with Crippen LogP contribution in [0.1, 0.15) is 11.1 Å². The molecule has 0 unspecified atom stereocenters. The average molecular weight is 273 g/mol. The van der Waals surface area contributed by atoms with E-state index in [9.17, 15) is 14.0 Å². The molecule has 0 spiro atoms. The second-order valence-electron chi connectivity index (χ2n) is 4.05. The molecule has 102 valence electrons. The van der Waals surface area contributed by atoms with Crippen molar-refractivity contribution in [2.45, 2.75) is 6.54 Å². The summed E-state index contributed by atoms with van der Waals surface area (Å²) in [6.07, 6.45) is 1.32. The molecule has 0 aliphatic heterocycles. The van der Waals surface area contributed by atoms with Crippen LogP contribution in [-0.2, 0) is 6.54 Å². The van der Waals surface area contributed by atoms with Crippen LogP contribution in [0.5, 0.6) is 0 Å². The maximum atomic E-state index is 13.9. The number of benzene rings is 1. The molecule has 0 aliphatic rings. The monoisotopic (exact) mass is 273 g/mol.